The Morgan fingerprint density at radius 1 is 1.17 bits per heavy atom. The van der Waals surface area contributed by atoms with Crippen LogP contribution in [0.4, 0.5) is 0 Å². The van der Waals surface area contributed by atoms with Crippen molar-refractivity contribution in [3.8, 4) is 0 Å². The molecule has 9 heteroatoms. The predicted molar refractivity (Wildman–Crippen MR) is 112 cm³/mol. The largest absolute Gasteiger partial charge is 0.454 e. The van der Waals surface area contributed by atoms with E-state index >= 15 is 0 Å². The highest BCUT2D eigenvalue weighted by Crippen LogP contribution is 2.27. The molecule has 0 atom stereocenters. The third-order valence-corrected chi connectivity index (χ3v) is 8.20. The average molecular weight is 456 g/mol. The fraction of sp³-hybridized carbons (Fsp3) is 0.400. The molecule has 1 fully saturated rings. The summed E-state index contributed by atoms with van der Waals surface area (Å²) in [5.41, 5.74) is 0.0835. The number of benzene rings is 1. The highest BCUT2D eigenvalue weighted by atomic mass is 35.5. The van der Waals surface area contributed by atoms with Gasteiger partial charge in [0.1, 0.15) is 0 Å². The third-order valence-electron chi connectivity index (χ3n) is 5.02. The lowest BCUT2D eigenvalue weighted by atomic mass is 9.96. The van der Waals surface area contributed by atoms with Crippen LogP contribution >= 0.6 is 22.9 Å². The first-order chi connectivity index (χ1) is 13.8. The number of esters is 1. The topological polar surface area (TPSA) is 80.8 Å². The number of halogens is 1. The minimum Gasteiger partial charge on any atom is -0.454 e. The number of carbonyl (C=O) groups excluding carboxylic acids is 2. The molecule has 0 bridgehead atoms. The Bertz CT molecular complexity index is 996. The van der Waals surface area contributed by atoms with Crippen molar-refractivity contribution in [1.29, 1.82) is 0 Å². The van der Waals surface area contributed by atoms with Crippen LogP contribution in [0.2, 0.25) is 4.34 Å². The van der Waals surface area contributed by atoms with Gasteiger partial charge in [0.2, 0.25) is 15.8 Å². The molecule has 1 heterocycles. The molecule has 156 valence electrons. The first kappa shape index (κ1) is 22.0. The number of nitrogens with zero attached hydrogens (tertiary/aromatic N) is 1. The van der Waals surface area contributed by atoms with Gasteiger partial charge in [0.05, 0.1) is 19.7 Å². The SMILES string of the molecule is CN(C1CCCCC1)S(=O)(=O)c1cccc(C(=O)OCC(=O)c2ccc(Cl)s2)c1. The molecule has 1 aliphatic carbocycles. The number of carbonyl (C=O) groups is 2. The van der Waals surface area contributed by atoms with Crippen LogP contribution in [0, 0.1) is 0 Å². The van der Waals surface area contributed by atoms with Crippen LogP contribution < -0.4 is 0 Å². The summed E-state index contributed by atoms with van der Waals surface area (Å²) < 4.78 is 32.9. The highest BCUT2D eigenvalue weighted by Gasteiger charge is 2.29. The van der Waals surface area contributed by atoms with Crippen molar-refractivity contribution in [1.82, 2.24) is 4.31 Å². The number of hydrogen-bond acceptors (Lipinski definition) is 6. The summed E-state index contributed by atoms with van der Waals surface area (Å²) in [5.74, 6) is -1.12. The second-order valence-electron chi connectivity index (χ2n) is 6.94. The second kappa shape index (κ2) is 9.38. The minimum absolute atomic E-state index is 0.0281. The molecular weight excluding hydrogens is 434 g/mol. The molecule has 0 saturated heterocycles. The van der Waals surface area contributed by atoms with Gasteiger partial charge in [0.15, 0.2) is 6.61 Å². The molecule has 1 aliphatic rings. The highest BCUT2D eigenvalue weighted by molar-refractivity contribution is 7.89. The average Bonchev–Trinajstić information content (AvgIpc) is 3.18. The standard InChI is InChI=1S/C20H22ClNO5S2/c1-22(15-7-3-2-4-8-15)29(25,26)16-9-5-6-14(12-16)20(24)27-13-17(23)18-10-11-19(21)28-18/h5-6,9-12,15H,2-4,7-8,13H2,1H3. The van der Waals surface area contributed by atoms with Gasteiger partial charge in [0.25, 0.3) is 0 Å². The van der Waals surface area contributed by atoms with Crippen LogP contribution in [0.5, 0.6) is 0 Å². The van der Waals surface area contributed by atoms with Crippen LogP contribution in [0.25, 0.3) is 0 Å². The zero-order valence-electron chi connectivity index (χ0n) is 16.0. The Morgan fingerprint density at radius 3 is 2.55 bits per heavy atom. The lowest BCUT2D eigenvalue weighted by Crippen LogP contribution is -2.38. The van der Waals surface area contributed by atoms with Gasteiger partial charge in [-0.1, -0.05) is 36.9 Å². The van der Waals surface area contributed by atoms with Crippen LogP contribution in [0.3, 0.4) is 0 Å². The molecule has 2 aromatic rings. The maximum absolute atomic E-state index is 13.0. The Kier molecular flexibility index (Phi) is 7.10. The quantitative estimate of drug-likeness (QED) is 0.456. The van der Waals surface area contributed by atoms with E-state index < -0.39 is 22.6 Å². The van der Waals surface area contributed by atoms with Gasteiger partial charge in [-0.15, -0.1) is 11.3 Å². The lowest BCUT2D eigenvalue weighted by molar-refractivity contribution is 0.0475. The summed E-state index contributed by atoms with van der Waals surface area (Å²) in [6.45, 7) is -0.436. The summed E-state index contributed by atoms with van der Waals surface area (Å²) in [5, 5.41) is 0. The minimum atomic E-state index is -3.72. The van der Waals surface area contributed by atoms with Crippen LogP contribution in [0.1, 0.15) is 52.1 Å². The van der Waals surface area contributed by atoms with E-state index in [-0.39, 0.29) is 22.3 Å². The van der Waals surface area contributed by atoms with Crippen molar-refractivity contribution in [3.05, 3.63) is 51.2 Å². The van der Waals surface area contributed by atoms with E-state index in [0.29, 0.717) is 9.21 Å². The van der Waals surface area contributed by atoms with E-state index in [1.54, 1.807) is 19.2 Å². The number of Topliss-reactive ketones (excluding diaryl/α,β-unsaturated/α-hetero) is 1. The molecule has 1 aromatic carbocycles. The van der Waals surface area contributed by atoms with E-state index in [1.807, 2.05) is 0 Å². The van der Waals surface area contributed by atoms with Gasteiger partial charge in [-0.3, -0.25) is 4.79 Å². The van der Waals surface area contributed by atoms with Crippen molar-refractivity contribution in [2.75, 3.05) is 13.7 Å². The second-order valence-corrected chi connectivity index (χ2v) is 10.7. The van der Waals surface area contributed by atoms with Crippen molar-refractivity contribution >= 4 is 44.7 Å². The number of rotatable bonds is 7. The number of ketones is 1. The summed E-state index contributed by atoms with van der Waals surface area (Å²) in [6.07, 6.45) is 4.83. The fourth-order valence-electron chi connectivity index (χ4n) is 3.34. The van der Waals surface area contributed by atoms with Gasteiger partial charge < -0.3 is 4.74 Å². The van der Waals surface area contributed by atoms with Crippen molar-refractivity contribution in [2.24, 2.45) is 0 Å². The summed E-state index contributed by atoms with van der Waals surface area (Å²) in [4.78, 5) is 24.8. The lowest BCUT2D eigenvalue weighted by Gasteiger charge is -2.30. The first-order valence-electron chi connectivity index (χ1n) is 9.33. The molecule has 0 amide bonds. The molecule has 3 rings (SSSR count). The fourth-order valence-corrected chi connectivity index (χ4v) is 5.77. The molecule has 0 radical (unpaired) electrons. The number of hydrogen-bond donors (Lipinski definition) is 0. The van der Waals surface area contributed by atoms with E-state index in [1.165, 1.54) is 28.6 Å². The Hall–Kier alpha value is -1.74. The van der Waals surface area contributed by atoms with Gasteiger partial charge >= 0.3 is 5.97 Å². The van der Waals surface area contributed by atoms with E-state index in [9.17, 15) is 18.0 Å². The van der Waals surface area contributed by atoms with Gasteiger partial charge in [0, 0.05) is 13.1 Å². The molecule has 0 N–H and O–H groups in total. The van der Waals surface area contributed by atoms with E-state index in [2.05, 4.69) is 0 Å². The summed E-state index contributed by atoms with van der Waals surface area (Å²) >= 11 is 6.91. The Labute approximate surface area is 179 Å². The zero-order valence-corrected chi connectivity index (χ0v) is 18.4. The number of thiophene rings is 1. The maximum Gasteiger partial charge on any atom is 0.338 e. The third kappa shape index (κ3) is 5.25. The first-order valence-corrected chi connectivity index (χ1v) is 12.0. The number of sulfonamides is 1. The Balaban J connectivity index is 1.69. The molecule has 1 saturated carbocycles. The monoisotopic (exact) mass is 455 g/mol. The van der Waals surface area contributed by atoms with Crippen LogP contribution in [-0.2, 0) is 14.8 Å². The molecular formula is C20H22ClNO5S2. The van der Waals surface area contributed by atoms with Crippen molar-refractivity contribution in [2.45, 2.75) is 43.0 Å². The van der Waals surface area contributed by atoms with Crippen LogP contribution in [0.15, 0.2) is 41.3 Å². The van der Waals surface area contributed by atoms with Crippen LogP contribution in [-0.4, -0.2) is 44.2 Å². The smallest absolute Gasteiger partial charge is 0.338 e. The maximum atomic E-state index is 13.0. The van der Waals surface area contributed by atoms with Gasteiger partial charge in [-0.2, -0.15) is 4.31 Å². The molecule has 0 spiro atoms. The zero-order chi connectivity index (χ0) is 21.0. The number of ether oxygens (including phenoxy) is 1. The summed E-state index contributed by atoms with van der Waals surface area (Å²) in [6, 6.07) is 8.86. The molecule has 0 aliphatic heterocycles. The Morgan fingerprint density at radius 2 is 1.90 bits per heavy atom. The molecule has 6 nitrogen and oxygen atoms in total. The molecule has 0 unspecified atom stereocenters. The predicted octanol–water partition coefficient (Wildman–Crippen LogP) is 4.39. The molecule has 1 aromatic heterocycles. The van der Waals surface area contributed by atoms with E-state index in [0.717, 1.165) is 43.4 Å². The van der Waals surface area contributed by atoms with E-state index in [4.69, 9.17) is 16.3 Å². The van der Waals surface area contributed by atoms with Crippen molar-refractivity contribution in [3.63, 3.8) is 0 Å². The normalized spacial score (nSPS) is 15.4. The summed E-state index contributed by atoms with van der Waals surface area (Å²) in [7, 11) is -2.14. The molecule has 29 heavy (non-hydrogen) atoms. The van der Waals surface area contributed by atoms with Gasteiger partial charge in [-0.05, 0) is 43.2 Å². The van der Waals surface area contributed by atoms with Crippen molar-refractivity contribution < 1.29 is 22.7 Å². The van der Waals surface area contributed by atoms with Gasteiger partial charge in [-0.25, -0.2) is 13.2 Å².